The summed E-state index contributed by atoms with van der Waals surface area (Å²) in [5, 5.41) is 20.9. The number of hydrogen-bond donors (Lipinski definition) is 3. The van der Waals surface area contributed by atoms with E-state index in [-0.39, 0.29) is 16.8 Å². The number of anilines is 1. The lowest BCUT2D eigenvalue weighted by Crippen LogP contribution is -2.30. The number of esters is 1. The van der Waals surface area contributed by atoms with Gasteiger partial charge in [-0.1, -0.05) is 24.3 Å². The second-order valence-corrected chi connectivity index (χ2v) is 4.54. The maximum absolute atomic E-state index is 12.3. The van der Waals surface area contributed by atoms with Crippen LogP contribution in [0.25, 0.3) is 0 Å². The van der Waals surface area contributed by atoms with Gasteiger partial charge in [0.25, 0.3) is 5.91 Å². The van der Waals surface area contributed by atoms with Crippen LogP contribution in [-0.4, -0.2) is 29.0 Å². The van der Waals surface area contributed by atoms with Crippen LogP contribution in [0.4, 0.5) is 5.69 Å². The predicted molar refractivity (Wildman–Crippen MR) is 82.0 cm³/mol. The molecule has 0 radical (unpaired) electrons. The van der Waals surface area contributed by atoms with Crippen LogP contribution in [0.2, 0.25) is 0 Å². The van der Waals surface area contributed by atoms with Crippen molar-refractivity contribution in [1.29, 1.82) is 0 Å². The van der Waals surface area contributed by atoms with Crippen LogP contribution in [0.1, 0.15) is 17.3 Å². The molecule has 0 heterocycles. The number of hydrogen-bond acceptors (Lipinski definition) is 5. The highest BCUT2D eigenvalue weighted by molar-refractivity contribution is 6.58. The van der Waals surface area contributed by atoms with Gasteiger partial charge in [-0.15, -0.1) is 0 Å². The van der Waals surface area contributed by atoms with Crippen LogP contribution in [-0.2, 0) is 4.79 Å². The van der Waals surface area contributed by atoms with Gasteiger partial charge in [-0.05, 0) is 29.7 Å². The smallest absolute Gasteiger partial charge is 0.426 e. The van der Waals surface area contributed by atoms with Crippen molar-refractivity contribution in [3.8, 4) is 5.75 Å². The van der Waals surface area contributed by atoms with Crippen molar-refractivity contribution < 1.29 is 24.4 Å². The molecule has 0 aromatic heterocycles. The maximum Gasteiger partial charge on any atom is 0.488 e. The topological polar surface area (TPSA) is 95.9 Å². The first-order valence-electron chi connectivity index (χ1n) is 6.52. The summed E-state index contributed by atoms with van der Waals surface area (Å²) in [6, 6.07) is 12.5. The first-order valence-corrected chi connectivity index (χ1v) is 6.52. The molecule has 0 fully saturated rings. The third kappa shape index (κ3) is 3.94. The molecule has 0 atom stereocenters. The predicted octanol–water partition coefficient (Wildman–Crippen LogP) is 0.544. The van der Waals surface area contributed by atoms with Crippen LogP contribution in [0.5, 0.6) is 5.75 Å². The molecule has 0 saturated carbocycles. The number of carbonyl (C=O) groups excluding carboxylic acids is 2. The summed E-state index contributed by atoms with van der Waals surface area (Å²) in [7, 11) is -1.62. The molecule has 0 bridgehead atoms. The van der Waals surface area contributed by atoms with E-state index in [1.807, 2.05) is 0 Å². The number of carbonyl (C=O) groups is 2. The van der Waals surface area contributed by atoms with Crippen molar-refractivity contribution >= 4 is 30.1 Å². The molecule has 2 aromatic rings. The number of para-hydroxylation sites is 1. The van der Waals surface area contributed by atoms with Gasteiger partial charge >= 0.3 is 13.1 Å². The molecule has 0 unspecified atom stereocenters. The van der Waals surface area contributed by atoms with Gasteiger partial charge in [0.1, 0.15) is 5.75 Å². The zero-order valence-electron chi connectivity index (χ0n) is 11.8. The lowest BCUT2D eigenvalue weighted by molar-refractivity contribution is -0.131. The minimum absolute atomic E-state index is 0.158. The summed E-state index contributed by atoms with van der Waals surface area (Å²) in [4.78, 5) is 23.3. The Labute approximate surface area is 127 Å². The van der Waals surface area contributed by atoms with Crippen LogP contribution in [0, 0.1) is 0 Å². The van der Waals surface area contributed by atoms with Gasteiger partial charge in [-0.25, -0.2) is 0 Å². The second-order valence-electron chi connectivity index (χ2n) is 4.54. The van der Waals surface area contributed by atoms with Crippen LogP contribution in [0.15, 0.2) is 48.5 Å². The number of nitrogens with one attached hydrogen (secondary N) is 1. The van der Waals surface area contributed by atoms with Crippen molar-refractivity contribution in [1.82, 2.24) is 0 Å². The SMILES string of the molecule is CC(=O)Oc1ccccc1C(=O)Nc1cccc(B(O)O)c1. The number of rotatable bonds is 4. The monoisotopic (exact) mass is 299 g/mol. The van der Waals surface area contributed by atoms with Crippen molar-refractivity contribution in [2.75, 3.05) is 5.32 Å². The molecule has 22 heavy (non-hydrogen) atoms. The van der Waals surface area contributed by atoms with Gasteiger partial charge in [-0.3, -0.25) is 9.59 Å². The Kier molecular flexibility index (Phi) is 4.93. The van der Waals surface area contributed by atoms with E-state index in [9.17, 15) is 9.59 Å². The molecule has 0 saturated heterocycles. The van der Waals surface area contributed by atoms with Crippen molar-refractivity contribution in [2.45, 2.75) is 6.92 Å². The molecular formula is C15H14BNO5. The maximum atomic E-state index is 12.3. The fourth-order valence-electron chi connectivity index (χ4n) is 1.87. The Morgan fingerprint density at radius 1 is 1.09 bits per heavy atom. The van der Waals surface area contributed by atoms with Crippen molar-refractivity contribution in [3.63, 3.8) is 0 Å². The van der Waals surface area contributed by atoms with Crippen molar-refractivity contribution in [3.05, 3.63) is 54.1 Å². The van der Waals surface area contributed by atoms with E-state index in [4.69, 9.17) is 14.8 Å². The molecular weight excluding hydrogens is 285 g/mol. The largest absolute Gasteiger partial charge is 0.488 e. The van der Waals surface area contributed by atoms with Gasteiger partial charge in [0.15, 0.2) is 0 Å². The van der Waals surface area contributed by atoms with Gasteiger partial charge in [0, 0.05) is 12.6 Å². The zero-order chi connectivity index (χ0) is 16.1. The van der Waals surface area contributed by atoms with E-state index in [2.05, 4.69) is 5.32 Å². The number of ether oxygens (including phenoxy) is 1. The highest BCUT2D eigenvalue weighted by Gasteiger charge is 2.15. The Balaban J connectivity index is 2.22. The van der Waals surface area contributed by atoms with Crippen molar-refractivity contribution in [2.24, 2.45) is 0 Å². The average Bonchev–Trinajstić information content (AvgIpc) is 2.47. The third-order valence-corrected chi connectivity index (χ3v) is 2.83. The molecule has 0 aliphatic heterocycles. The second kappa shape index (κ2) is 6.88. The number of benzene rings is 2. The fraction of sp³-hybridized carbons (Fsp3) is 0.0667. The standard InChI is InChI=1S/C15H14BNO5/c1-10(18)22-14-8-3-2-7-13(14)15(19)17-12-6-4-5-11(9-12)16(20)21/h2-9,20-21H,1H3,(H,17,19). The summed E-state index contributed by atoms with van der Waals surface area (Å²) in [5.74, 6) is -0.835. The molecule has 1 amide bonds. The lowest BCUT2D eigenvalue weighted by Gasteiger charge is -2.10. The third-order valence-electron chi connectivity index (χ3n) is 2.83. The first kappa shape index (κ1) is 15.7. The molecule has 2 rings (SSSR count). The van der Waals surface area contributed by atoms with E-state index in [1.165, 1.54) is 31.2 Å². The highest BCUT2D eigenvalue weighted by Crippen LogP contribution is 2.19. The molecule has 6 nitrogen and oxygen atoms in total. The van der Waals surface area contributed by atoms with E-state index in [1.54, 1.807) is 24.3 Å². The van der Waals surface area contributed by atoms with Crippen LogP contribution in [0.3, 0.4) is 0 Å². The molecule has 0 aliphatic carbocycles. The Morgan fingerprint density at radius 3 is 2.50 bits per heavy atom. The Bertz CT molecular complexity index is 702. The molecule has 2 aromatic carbocycles. The Hall–Kier alpha value is -2.64. The lowest BCUT2D eigenvalue weighted by atomic mass is 9.80. The van der Waals surface area contributed by atoms with E-state index in [0.29, 0.717) is 5.69 Å². The minimum atomic E-state index is -1.62. The molecule has 0 aliphatic rings. The summed E-state index contributed by atoms with van der Waals surface area (Å²) in [5.41, 5.74) is 0.854. The quantitative estimate of drug-likeness (QED) is 0.435. The summed E-state index contributed by atoms with van der Waals surface area (Å²) in [6.45, 7) is 1.25. The average molecular weight is 299 g/mol. The highest BCUT2D eigenvalue weighted by atomic mass is 16.5. The Morgan fingerprint density at radius 2 is 1.82 bits per heavy atom. The fourth-order valence-corrected chi connectivity index (χ4v) is 1.87. The van der Waals surface area contributed by atoms with Gasteiger partial charge in [0.05, 0.1) is 5.56 Å². The van der Waals surface area contributed by atoms with Gasteiger partial charge < -0.3 is 20.1 Å². The van der Waals surface area contributed by atoms with E-state index < -0.39 is 19.0 Å². The van der Waals surface area contributed by atoms with E-state index >= 15 is 0 Å². The van der Waals surface area contributed by atoms with E-state index in [0.717, 1.165) is 0 Å². The summed E-state index contributed by atoms with van der Waals surface area (Å²) >= 11 is 0. The number of amides is 1. The summed E-state index contributed by atoms with van der Waals surface area (Å²) in [6.07, 6.45) is 0. The van der Waals surface area contributed by atoms with Gasteiger partial charge in [-0.2, -0.15) is 0 Å². The molecule has 0 spiro atoms. The first-order chi connectivity index (χ1) is 10.5. The van der Waals surface area contributed by atoms with Crippen LogP contribution >= 0.6 is 0 Å². The molecule has 112 valence electrons. The molecule has 3 N–H and O–H groups in total. The minimum Gasteiger partial charge on any atom is -0.426 e. The zero-order valence-corrected chi connectivity index (χ0v) is 11.8. The summed E-state index contributed by atoms with van der Waals surface area (Å²) < 4.78 is 4.99. The normalized spacial score (nSPS) is 9.95. The van der Waals surface area contributed by atoms with Crippen LogP contribution < -0.4 is 15.5 Å². The van der Waals surface area contributed by atoms with Gasteiger partial charge in [0.2, 0.25) is 0 Å². The molecule has 7 heteroatoms.